The van der Waals surface area contributed by atoms with Gasteiger partial charge in [0, 0.05) is 5.57 Å². The SMILES string of the molecule is C=C(C)C1C/C=C(\C)CC[C@H](O)[C@]2(C)CCC=C(CC1)C(=O)O2. The Morgan fingerprint density at radius 3 is 2.78 bits per heavy atom. The van der Waals surface area contributed by atoms with E-state index in [1.54, 1.807) is 0 Å². The Kier molecular flexibility index (Phi) is 5.85. The van der Waals surface area contributed by atoms with E-state index in [1.807, 2.05) is 13.0 Å². The molecule has 3 heteroatoms. The van der Waals surface area contributed by atoms with Crippen molar-refractivity contribution in [2.45, 2.75) is 77.4 Å². The van der Waals surface area contributed by atoms with Crippen molar-refractivity contribution >= 4 is 5.97 Å². The monoisotopic (exact) mass is 318 g/mol. The average molecular weight is 318 g/mol. The Morgan fingerprint density at radius 2 is 2.09 bits per heavy atom. The van der Waals surface area contributed by atoms with Gasteiger partial charge < -0.3 is 9.84 Å². The molecule has 23 heavy (non-hydrogen) atoms. The van der Waals surface area contributed by atoms with Gasteiger partial charge in [-0.2, -0.15) is 0 Å². The van der Waals surface area contributed by atoms with Crippen LogP contribution >= 0.6 is 0 Å². The summed E-state index contributed by atoms with van der Waals surface area (Å²) in [6.45, 7) is 10.1. The van der Waals surface area contributed by atoms with Gasteiger partial charge in [-0.25, -0.2) is 4.79 Å². The van der Waals surface area contributed by atoms with Gasteiger partial charge >= 0.3 is 5.97 Å². The van der Waals surface area contributed by atoms with E-state index in [9.17, 15) is 9.90 Å². The van der Waals surface area contributed by atoms with Crippen LogP contribution in [-0.2, 0) is 9.53 Å². The molecule has 0 aromatic carbocycles. The van der Waals surface area contributed by atoms with Crippen LogP contribution in [0.25, 0.3) is 0 Å². The summed E-state index contributed by atoms with van der Waals surface area (Å²) in [5.41, 5.74) is 2.43. The highest BCUT2D eigenvalue weighted by Crippen LogP contribution is 2.33. The zero-order chi connectivity index (χ0) is 17.0. The Morgan fingerprint density at radius 1 is 1.35 bits per heavy atom. The van der Waals surface area contributed by atoms with E-state index >= 15 is 0 Å². The number of carbonyl (C=O) groups excluding carboxylic acids is 1. The molecule has 0 aromatic rings. The van der Waals surface area contributed by atoms with Crippen molar-refractivity contribution in [2.24, 2.45) is 5.92 Å². The molecule has 0 saturated heterocycles. The molecule has 1 N–H and O–H groups in total. The van der Waals surface area contributed by atoms with Gasteiger partial charge in [0.15, 0.2) is 0 Å². The van der Waals surface area contributed by atoms with E-state index in [0.29, 0.717) is 18.8 Å². The number of aliphatic hydroxyl groups excluding tert-OH is 1. The lowest BCUT2D eigenvalue weighted by molar-refractivity contribution is -0.166. The second-order valence-corrected chi connectivity index (χ2v) is 7.39. The first-order valence-electron chi connectivity index (χ1n) is 8.73. The molecule has 2 aliphatic rings. The van der Waals surface area contributed by atoms with Crippen LogP contribution in [0, 0.1) is 5.92 Å². The van der Waals surface area contributed by atoms with Gasteiger partial charge in [-0.15, -0.1) is 0 Å². The van der Waals surface area contributed by atoms with Crippen molar-refractivity contribution in [2.75, 3.05) is 0 Å². The number of esters is 1. The summed E-state index contributed by atoms with van der Waals surface area (Å²) in [6.07, 6.45) is 9.14. The van der Waals surface area contributed by atoms with Gasteiger partial charge in [0.1, 0.15) is 5.60 Å². The summed E-state index contributed by atoms with van der Waals surface area (Å²) >= 11 is 0. The maximum absolute atomic E-state index is 12.5. The van der Waals surface area contributed by atoms with Crippen LogP contribution in [0.3, 0.4) is 0 Å². The first kappa shape index (κ1) is 18.0. The number of ether oxygens (including phenoxy) is 1. The van der Waals surface area contributed by atoms with Crippen LogP contribution in [0.5, 0.6) is 0 Å². The summed E-state index contributed by atoms with van der Waals surface area (Å²) < 4.78 is 5.72. The van der Waals surface area contributed by atoms with Gasteiger partial charge in [0.2, 0.25) is 0 Å². The zero-order valence-corrected chi connectivity index (χ0v) is 14.7. The molecule has 2 aliphatic heterocycles. The quantitative estimate of drug-likeness (QED) is 0.573. The third-order valence-electron chi connectivity index (χ3n) is 5.35. The van der Waals surface area contributed by atoms with Gasteiger partial charge in [-0.05, 0) is 71.6 Å². The zero-order valence-electron chi connectivity index (χ0n) is 14.7. The van der Waals surface area contributed by atoms with Crippen LogP contribution < -0.4 is 0 Å². The highest BCUT2D eigenvalue weighted by atomic mass is 16.6. The van der Waals surface area contributed by atoms with Crippen molar-refractivity contribution in [3.63, 3.8) is 0 Å². The van der Waals surface area contributed by atoms with E-state index in [2.05, 4.69) is 26.5 Å². The van der Waals surface area contributed by atoms with Crippen molar-refractivity contribution in [1.29, 1.82) is 0 Å². The Hall–Kier alpha value is -1.35. The normalized spacial score (nSPS) is 35.6. The fourth-order valence-electron chi connectivity index (χ4n) is 3.39. The lowest BCUT2D eigenvalue weighted by Gasteiger charge is -2.33. The van der Waals surface area contributed by atoms with Gasteiger partial charge in [0.25, 0.3) is 0 Å². The predicted octanol–water partition coefficient (Wildman–Crippen LogP) is 4.47. The van der Waals surface area contributed by atoms with E-state index in [1.165, 1.54) is 5.57 Å². The fourth-order valence-corrected chi connectivity index (χ4v) is 3.39. The van der Waals surface area contributed by atoms with Crippen LogP contribution in [0.15, 0.2) is 35.5 Å². The first-order valence-corrected chi connectivity index (χ1v) is 8.73. The lowest BCUT2D eigenvalue weighted by Crippen LogP contribution is -2.43. The third kappa shape index (κ3) is 4.57. The fraction of sp³-hybridized carbons (Fsp3) is 0.650. The van der Waals surface area contributed by atoms with Gasteiger partial charge in [-0.3, -0.25) is 0 Å². The number of carbonyl (C=O) groups is 1. The molecule has 3 nitrogen and oxygen atoms in total. The molecule has 2 heterocycles. The van der Waals surface area contributed by atoms with Crippen molar-refractivity contribution in [3.05, 3.63) is 35.5 Å². The lowest BCUT2D eigenvalue weighted by atomic mass is 9.87. The van der Waals surface area contributed by atoms with Gasteiger partial charge in [0.05, 0.1) is 6.10 Å². The van der Waals surface area contributed by atoms with Gasteiger partial charge in [-0.1, -0.05) is 29.9 Å². The highest BCUT2D eigenvalue weighted by molar-refractivity contribution is 5.89. The van der Waals surface area contributed by atoms with Crippen LogP contribution in [0.2, 0.25) is 0 Å². The Bertz CT molecular complexity index is 529. The number of aliphatic hydroxyl groups is 1. The molecule has 0 aromatic heterocycles. The van der Waals surface area contributed by atoms with E-state index in [0.717, 1.165) is 43.3 Å². The van der Waals surface area contributed by atoms with E-state index in [4.69, 9.17) is 4.74 Å². The van der Waals surface area contributed by atoms with Crippen LogP contribution in [-0.4, -0.2) is 22.8 Å². The summed E-state index contributed by atoms with van der Waals surface area (Å²) in [7, 11) is 0. The van der Waals surface area contributed by atoms with Crippen molar-refractivity contribution in [1.82, 2.24) is 0 Å². The summed E-state index contributed by atoms with van der Waals surface area (Å²) in [6, 6.07) is 0. The minimum atomic E-state index is -0.780. The summed E-state index contributed by atoms with van der Waals surface area (Å²) in [5, 5.41) is 10.6. The maximum atomic E-state index is 12.5. The largest absolute Gasteiger partial charge is 0.453 e. The molecule has 0 fully saturated rings. The topological polar surface area (TPSA) is 46.5 Å². The molecule has 0 spiro atoms. The molecular formula is C20H30O3. The molecular weight excluding hydrogens is 288 g/mol. The Labute approximate surface area is 140 Å². The molecule has 2 rings (SSSR count). The smallest absolute Gasteiger partial charge is 0.334 e. The molecule has 2 bridgehead atoms. The van der Waals surface area contributed by atoms with E-state index < -0.39 is 11.7 Å². The molecule has 3 atom stereocenters. The average Bonchev–Trinajstić information content (AvgIpc) is 2.62. The molecule has 0 amide bonds. The van der Waals surface area contributed by atoms with Crippen molar-refractivity contribution < 1.29 is 14.6 Å². The summed E-state index contributed by atoms with van der Waals surface area (Å²) in [4.78, 5) is 12.5. The summed E-state index contributed by atoms with van der Waals surface area (Å²) in [5.74, 6) is 0.132. The second-order valence-electron chi connectivity index (χ2n) is 7.39. The maximum Gasteiger partial charge on any atom is 0.334 e. The molecule has 128 valence electrons. The number of hydrogen-bond acceptors (Lipinski definition) is 3. The number of rotatable bonds is 1. The highest BCUT2D eigenvalue weighted by Gasteiger charge is 2.38. The molecule has 0 saturated carbocycles. The first-order chi connectivity index (χ1) is 10.8. The van der Waals surface area contributed by atoms with Crippen LogP contribution in [0.1, 0.15) is 65.7 Å². The molecule has 1 unspecified atom stereocenters. The predicted molar refractivity (Wildman–Crippen MR) is 93.0 cm³/mol. The minimum Gasteiger partial charge on any atom is -0.453 e. The number of hydrogen-bond donors (Lipinski definition) is 1. The van der Waals surface area contributed by atoms with Crippen LogP contribution in [0.4, 0.5) is 0 Å². The number of allylic oxidation sites excluding steroid dienone is 4. The second kappa shape index (κ2) is 7.48. The van der Waals surface area contributed by atoms with E-state index in [-0.39, 0.29) is 5.97 Å². The van der Waals surface area contributed by atoms with Crippen molar-refractivity contribution in [3.8, 4) is 0 Å². The number of fused-ring (bicyclic) bond motifs is 3. The minimum absolute atomic E-state index is 0.256. The Balaban J connectivity index is 2.27. The molecule has 0 aliphatic carbocycles. The third-order valence-corrected chi connectivity index (χ3v) is 5.35. The standard InChI is InChI=1S/C20H30O3/c1-14(2)16-9-7-15(3)8-12-18(21)20(4)13-5-6-17(11-10-16)19(22)23-20/h6-7,16,18,21H,1,5,8-13H2,2-4H3/b15-7+/t16?,18-,20-/m0/s1. The molecule has 0 radical (unpaired) electrons.